The molecule has 6 heteroatoms. The van der Waals surface area contributed by atoms with E-state index in [1.54, 1.807) is 25.1 Å². The first kappa shape index (κ1) is 13.4. The number of anilines is 2. The molecule has 0 bridgehead atoms. The number of amides is 1. The van der Waals surface area contributed by atoms with Crippen LogP contribution in [0.15, 0.2) is 36.4 Å². The summed E-state index contributed by atoms with van der Waals surface area (Å²) in [6, 6.07) is 10.1. The number of aromatic nitrogens is 1. The normalized spacial score (nSPS) is 10.7. The Labute approximate surface area is 125 Å². The Morgan fingerprint density at radius 2 is 2.10 bits per heavy atom. The van der Waals surface area contributed by atoms with Crippen LogP contribution in [0, 0.1) is 6.92 Å². The minimum Gasteiger partial charge on any atom is -0.508 e. The van der Waals surface area contributed by atoms with Crippen molar-refractivity contribution < 1.29 is 9.90 Å². The Hall–Kier alpha value is -2.60. The first-order valence-electron chi connectivity index (χ1n) is 6.30. The van der Waals surface area contributed by atoms with Gasteiger partial charge in [-0.25, -0.2) is 4.98 Å². The van der Waals surface area contributed by atoms with Gasteiger partial charge in [-0.15, -0.1) is 0 Å². The zero-order chi connectivity index (χ0) is 15.0. The second-order valence-corrected chi connectivity index (χ2v) is 5.73. The molecule has 3 rings (SSSR count). The first-order valence-corrected chi connectivity index (χ1v) is 7.11. The number of carbonyl (C=O) groups excluding carboxylic acids is 1. The molecule has 21 heavy (non-hydrogen) atoms. The molecule has 0 spiro atoms. The summed E-state index contributed by atoms with van der Waals surface area (Å²) in [5.41, 5.74) is 8.40. The third-order valence-electron chi connectivity index (χ3n) is 3.09. The molecule has 0 saturated carbocycles. The quantitative estimate of drug-likeness (QED) is 0.634. The Morgan fingerprint density at radius 3 is 2.86 bits per heavy atom. The van der Waals surface area contributed by atoms with Crippen LogP contribution in [0.3, 0.4) is 0 Å². The Balaban J connectivity index is 1.89. The average molecular weight is 299 g/mol. The van der Waals surface area contributed by atoms with E-state index in [0.29, 0.717) is 21.9 Å². The number of hydrogen-bond acceptors (Lipinski definition) is 5. The van der Waals surface area contributed by atoms with Crippen LogP contribution in [0.5, 0.6) is 5.75 Å². The minimum absolute atomic E-state index is 0.138. The Kier molecular flexibility index (Phi) is 3.23. The molecule has 0 aliphatic carbocycles. The summed E-state index contributed by atoms with van der Waals surface area (Å²) in [5.74, 6) is -0.112. The number of nitrogens with zero attached hydrogens (tertiary/aromatic N) is 1. The third kappa shape index (κ3) is 2.66. The minimum atomic E-state index is -0.250. The lowest BCUT2D eigenvalue weighted by atomic mass is 10.1. The van der Waals surface area contributed by atoms with Gasteiger partial charge in [0.25, 0.3) is 5.91 Å². The number of aromatic hydroxyl groups is 1. The van der Waals surface area contributed by atoms with Gasteiger partial charge in [-0.1, -0.05) is 11.3 Å². The van der Waals surface area contributed by atoms with Crippen molar-refractivity contribution in [3.63, 3.8) is 0 Å². The number of nitrogens with two attached hydrogens (primary N) is 1. The number of thiazole rings is 1. The lowest BCUT2D eigenvalue weighted by Crippen LogP contribution is -2.12. The van der Waals surface area contributed by atoms with E-state index in [9.17, 15) is 9.90 Å². The van der Waals surface area contributed by atoms with Crippen molar-refractivity contribution in [2.45, 2.75) is 6.92 Å². The zero-order valence-electron chi connectivity index (χ0n) is 11.3. The largest absolute Gasteiger partial charge is 0.508 e. The predicted molar refractivity (Wildman–Crippen MR) is 84.8 cm³/mol. The zero-order valence-corrected chi connectivity index (χ0v) is 12.1. The summed E-state index contributed by atoms with van der Waals surface area (Å²) in [5, 5.41) is 12.7. The van der Waals surface area contributed by atoms with Crippen LogP contribution in [0.25, 0.3) is 10.2 Å². The summed E-state index contributed by atoms with van der Waals surface area (Å²) in [7, 11) is 0. The number of rotatable bonds is 2. The topological polar surface area (TPSA) is 88.2 Å². The molecule has 1 amide bonds. The number of aryl methyl sites for hydroxylation is 1. The standard InChI is InChI=1S/C15H13N3O2S/c1-8-6-10(19)3-4-11(8)14(20)18-15-17-12-5-2-9(16)7-13(12)21-15/h2-7,19H,16H2,1H3,(H,17,18,20). The maximum atomic E-state index is 12.2. The first-order chi connectivity index (χ1) is 10.0. The van der Waals surface area contributed by atoms with Crippen molar-refractivity contribution in [1.29, 1.82) is 0 Å². The van der Waals surface area contributed by atoms with Crippen LogP contribution in [-0.4, -0.2) is 16.0 Å². The number of nitrogen functional groups attached to an aromatic ring is 1. The van der Waals surface area contributed by atoms with Gasteiger partial charge < -0.3 is 10.8 Å². The molecule has 5 nitrogen and oxygen atoms in total. The van der Waals surface area contributed by atoms with Crippen molar-refractivity contribution in [2.75, 3.05) is 11.1 Å². The molecule has 3 aromatic rings. The fraction of sp³-hybridized carbons (Fsp3) is 0.0667. The summed E-state index contributed by atoms with van der Waals surface area (Å²) in [6.45, 7) is 1.77. The van der Waals surface area contributed by atoms with E-state index >= 15 is 0 Å². The molecule has 0 saturated heterocycles. The second-order valence-electron chi connectivity index (χ2n) is 4.70. The lowest BCUT2D eigenvalue weighted by molar-refractivity contribution is 0.102. The van der Waals surface area contributed by atoms with E-state index in [0.717, 1.165) is 10.2 Å². The smallest absolute Gasteiger partial charge is 0.257 e. The molecule has 0 aliphatic heterocycles. The Bertz CT molecular complexity index is 842. The van der Waals surface area contributed by atoms with Crippen LogP contribution in [0.2, 0.25) is 0 Å². The van der Waals surface area contributed by atoms with Crippen molar-refractivity contribution in [3.8, 4) is 5.75 Å². The second kappa shape index (κ2) is 5.06. The van der Waals surface area contributed by atoms with E-state index in [-0.39, 0.29) is 11.7 Å². The van der Waals surface area contributed by atoms with Crippen LogP contribution in [0.1, 0.15) is 15.9 Å². The molecule has 0 aliphatic rings. The summed E-state index contributed by atoms with van der Waals surface area (Å²) in [4.78, 5) is 16.6. The molecule has 2 aromatic carbocycles. The molecule has 0 fully saturated rings. The van der Waals surface area contributed by atoms with Crippen LogP contribution < -0.4 is 11.1 Å². The number of benzene rings is 2. The van der Waals surface area contributed by atoms with Gasteiger partial charge in [-0.3, -0.25) is 10.1 Å². The molecule has 106 valence electrons. The molecular formula is C15H13N3O2S. The highest BCUT2D eigenvalue weighted by molar-refractivity contribution is 7.22. The molecule has 0 radical (unpaired) electrons. The lowest BCUT2D eigenvalue weighted by Gasteiger charge is -2.05. The molecular weight excluding hydrogens is 286 g/mol. The average Bonchev–Trinajstić information content (AvgIpc) is 2.79. The van der Waals surface area contributed by atoms with Gasteiger partial charge >= 0.3 is 0 Å². The predicted octanol–water partition coefficient (Wildman–Crippen LogP) is 3.14. The summed E-state index contributed by atoms with van der Waals surface area (Å²) >= 11 is 1.37. The monoisotopic (exact) mass is 299 g/mol. The van der Waals surface area contributed by atoms with Gasteiger partial charge in [0.2, 0.25) is 0 Å². The van der Waals surface area contributed by atoms with Crippen molar-refractivity contribution in [3.05, 3.63) is 47.5 Å². The number of nitrogens with one attached hydrogen (secondary N) is 1. The Morgan fingerprint density at radius 1 is 1.29 bits per heavy atom. The number of hydrogen-bond donors (Lipinski definition) is 3. The SMILES string of the molecule is Cc1cc(O)ccc1C(=O)Nc1nc2ccc(N)cc2s1. The fourth-order valence-electron chi connectivity index (χ4n) is 2.06. The van der Waals surface area contributed by atoms with Gasteiger partial charge in [-0.2, -0.15) is 0 Å². The van der Waals surface area contributed by atoms with E-state index in [1.807, 2.05) is 12.1 Å². The fourth-order valence-corrected chi connectivity index (χ4v) is 2.97. The van der Waals surface area contributed by atoms with Gasteiger partial charge in [0, 0.05) is 11.3 Å². The van der Waals surface area contributed by atoms with E-state index in [2.05, 4.69) is 10.3 Å². The van der Waals surface area contributed by atoms with E-state index < -0.39 is 0 Å². The van der Waals surface area contributed by atoms with E-state index in [4.69, 9.17) is 5.73 Å². The number of carbonyl (C=O) groups is 1. The molecule has 0 atom stereocenters. The maximum Gasteiger partial charge on any atom is 0.257 e. The highest BCUT2D eigenvalue weighted by Crippen LogP contribution is 2.28. The van der Waals surface area contributed by atoms with Crippen LogP contribution in [-0.2, 0) is 0 Å². The molecule has 4 N–H and O–H groups in total. The molecule has 0 unspecified atom stereocenters. The van der Waals surface area contributed by atoms with Crippen molar-refractivity contribution in [1.82, 2.24) is 4.98 Å². The highest BCUT2D eigenvalue weighted by Gasteiger charge is 2.12. The molecule has 1 aromatic heterocycles. The maximum absolute atomic E-state index is 12.2. The van der Waals surface area contributed by atoms with Gasteiger partial charge in [0.05, 0.1) is 10.2 Å². The van der Waals surface area contributed by atoms with Crippen molar-refractivity contribution >= 4 is 38.3 Å². The van der Waals surface area contributed by atoms with Crippen molar-refractivity contribution in [2.24, 2.45) is 0 Å². The van der Waals surface area contributed by atoms with Crippen LogP contribution >= 0.6 is 11.3 Å². The number of fused-ring (bicyclic) bond motifs is 1. The third-order valence-corrected chi connectivity index (χ3v) is 4.02. The molecule has 1 heterocycles. The number of phenolic OH excluding ortho intramolecular Hbond substituents is 1. The summed E-state index contributed by atoms with van der Waals surface area (Å²) < 4.78 is 0.924. The van der Waals surface area contributed by atoms with Gasteiger partial charge in [0.1, 0.15) is 5.75 Å². The van der Waals surface area contributed by atoms with Gasteiger partial charge in [0.15, 0.2) is 5.13 Å². The number of phenols is 1. The van der Waals surface area contributed by atoms with Gasteiger partial charge in [-0.05, 0) is 48.9 Å². The van der Waals surface area contributed by atoms with E-state index in [1.165, 1.54) is 17.4 Å². The summed E-state index contributed by atoms with van der Waals surface area (Å²) in [6.07, 6.45) is 0. The highest BCUT2D eigenvalue weighted by atomic mass is 32.1. The van der Waals surface area contributed by atoms with Crippen LogP contribution in [0.4, 0.5) is 10.8 Å².